The van der Waals surface area contributed by atoms with Crippen LogP contribution in [0.5, 0.6) is 5.75 Å². The van der Waals surface area contributed by atoms with E-state index in [4.69, 9.17) is 27.9 Å². The van der Waals surface area contributed by atoms with Gasteiger partial charge in [-0.05, 0) is 31.0 Å². The summed E-state index contributed by atoms with van der Waals surface area (Å²) < 4.78 is 5.49. The Morgan fingerprint density at radius 2 is 1.86 bits per heavy atom. The molecule has 0 aliphatic carbocycles. The van der Waals surface area contributed by atoms with Gasteiger partial charge in [0.1, 0.15) is 12.7 Å². The van der Waals surface area contributed by atoms with Crippen molar-refractivity contribution in [3.63, 3.8) is 0 Å². The minimum atomic E-state index is -0.581. The van der Waals surface area contributed by atoms with Crippen LogP contribution >= 0.6 is 23.2 Å². The number of rotatable bonds is 10. The molecule has 0 bridgehead atoms. The topological polar surface area (TPSA) is 41.5 Å². The van der Waals surface area contributed by atoms with Crippen LogP contribution < -0.4 is 10.1 Å². The van der Waals surface area contributed by atoms with Gasteiger partial charge in [-0.25, -0.2) is 0 Å². The van der Waals surface area contributed by atoms with E-state index in [1.807, 2.05) is 0 Å². The zero-order valence-electron chi connectivity index (χ0n) is 12.7. The summed E-state index contributed by atoms with van der Waals surface area (Å²) in [4.78, 5) is 0. The largest absolute Gasteiger partial charge is 0.488 e. The molecular weight excluding hydrogens is 309 g/mol. The molecule has 5 heteroatoms. The van der Waals surface area contributed by atoms with Crippen molar-refractivity contribution in [2.24, 2.45) is 5.92 Å². The predicted octanol–water partition coefficient (Wildman–Crippen LogP) is 4.15. The summed E-state index contributed by atoms with van der Waals surface area (Å²) in [6, 6.07) is 5.18. The first-order valence-corrected chi connectivity index (χ1v) is 8.22. The second kappa shape index (κ2) is 10.3. The van der Waals surface area contributed by atoms with Crippen molar-refractivity contribution < 1.29 is 9.84 Å². The van der Waals surface area contributed by atoms with Gasteiger partial charge in [-0.15, -0.1) is 0 Å². The molecule has 0 fully saturated rings. The molecule has 1 rings (SSSR count). The molecule has 0 heterocycles. The Morgan fingerprint density at radius 1 is 1.19 bits per heavy atom. The first-order chi connectivity index (χ1) is 10.0. The highest BCUT2D eigenvalue weighted by atomic mass is 35.5. The van der Waals surface area contributed by atoms with Crippen LogP contribution in [0.2, 0.25) is 10.0 Å². The van der Waals surface area contributed by atoms with Gasteiger partial charge in [-0.1, -0.05) is 56.0 Å². The second-order valence-corrected chi connectivity index (χ2v) is 6.42. The lowest BCUT2D eigenvalue weighted by atomic mass is 10.1. The highest BCUT2D eigenvalue weighted by molar-refractivity contribution is 6.37. The van der Waals surface area contributed by atoms with Crippen LogP contribution in [-0.4, -0.2) is 30.9 Å². The maximum Gasteiger partial charge on any atom is 0.156 e. The van der Waals surface area contributed by atoms with Gasteiger partial charge >= 0.3 is 0 Å². The van der Waals surface area contributed by atoms with Crippen molar-refractivity contribution in [1.82, 2.24) is 5.32 Å². The number of nitrogens with one attached hydrogen (secondary N) is 1. The molecule has 0 amide bonds. The van der Waals surface area contributed by atoms with Gasteiger partial charge in [0.05, 0.1) is 10.0 Å². The minimum Gasteiger partial charge on any atom is -0.488 e. The van der Waals surface area contributed by atoms with Gasteiger partial charge in [0.15, 0.2) is 5.75 Å². The van der Waals surface area contributed by atoms with E-state index in [1.54, 1.807) is 18.2 Å². The van der Waals surface area contributed by atoms with E-state index in [9.17, 15) is 5.11 Å². The average molecular weight is 334 g/mol. The summed E-state index contributed by atoms with van der Waals surface area (Å²) >= 11 is 12.0. The lowest BCUT2D eigenvalue weighted by molar-refractivity contribution is 0.106. The summed E-state index contributed by atoms with van der Waals surface area (Å²) in [5, 5.41) is 14.0. The quantitative estimate of drug-likeness (QED) is 0.632. The smallest absolute Gasteiger partial charge is 0.156 e. The van der Waals surface area contributed by atoms with Crippen molar-refractivity contribution in [3.05, 3.63) is 28.2 Å². The van der Waals surface area contributed by atoms with Crippen LogP contribution in [0.3, 0.4) is 0 Å². The Bertz CT molecular complexity index is 393. The number of ether oxygens (including phenoxy) is 1. The van der Waals surface area contributed by atoms with E-state index in [-0.39, 0.29) is 6.61 Å². The first kappa shape index (κ1) is 18.6. The molecule has 3 nitrogen and oxygen atoms in total. The fourth-order valence-corrected chi connectivity index (χ4v) is 2.44. The lowest BCUT2D eigenvalue weighted by Gasteiger charge is -2.15. The molecule has 2 N–H and O–H groups in total. The summed E-state index contributed by atoms with van der Waals surface area (Å²) in [7, 11) is 0. The van der Waals surface area contributed by atoms with Crippen LogP contribution in [-0.2, 0) is 0 Å². The zero-order chi connectivity index (χ0) is 15.7. The van der Waals surface area contributed by atoms with E-state index in [0.29, 0.717) is 22.3 Å². The Morgan fingerprint density at radius 3 is 2.48 bits per heavy atom. The Balaban J connectivity index is 2.15. The number of aliphatic hydroxyl groups excluding tert-OH is 1. The second-order valence-electron chi connectivity index (χ2n) is 5.61. The highest BCUT2D eigenvalue weighted by Crippen LogP contribution is 2.32. The third-order valence-electron chi connectivity index (χ3n) is 3.10. The average Bonchev–Trinajstić information content (AvgIpc) is 2.41. The van der Waals surface area contributed by atoms with E-state index >= 15 is 0 Å². The molecule has 1 aromatic carbocycles. The van der Waals surface area contributed by atoms with Gasteiger partial charge in [-0.3, -0.25) is 0 Å². The van der Waals surface area contributed by atoms with E-state index in [0.717, 1.165) is 18.9 Å². The molecule has 21 heavy (non-hydrogen) atoms. The van der Waals surface area contributed by atoms with Gasteiger partial charge in [0.2, 0.25) is 0 Å². The fourth-order valence-electron chi connectivity index (χ4n) is 1.93. The van der Waals surface area contributed by atoms with Crippen molar-refractivity contribution in [2.75, 3.05) is 19.7 Å². The van der Waals surface area contributed by atoms with E-state index < -0.39 is 6.10 Å². The van der Waals surface area contributed by atoms with Crippen molar-refractivity contribution >= 4 is 23.2 Å². The molecule has 0 saturated carbocycles. The molecule has 0 saturated heterocycles. The number of hydrogen-bond acceptors (Lipinski definition) is 3. The number of halogens is 2. The third-order valence-corrected chi connectivity index (χ3v) is 3.70. The van der Waals surface area contributed by atoms with Crippen LogP contribution in [0, 0.1) is 5.92 Å². The molecule has 1 atom stereocenters. The maximum absolute atomic E-state index is 9.86. The number of para-hydroxylation sites is 1. The summed E-state index contributed by atoms with van der Waals surface area (Å²) in [6.07, 6.45) is 3.01. The number of benzene rings is 1. The van der Waals surface area contributed by atoms with Crippen molar-refractivity contribution in [2.45, 2.75) is 39.2 Å². The standard InChI is InChI=1S/C16H25Cl2NO2/c1-12(2)6-3-4-9-19-10-13(20)11-21-16-14(17)7-5-8-15(16)18/h5,7-8,12-13,19-20H,3-4,6,9-11H2,1-2H3. The Labute approximate surface area is 137 Å². The normalized spacial score (nSPS) is 12.7. The molecule has 0 aromatic heterocycles. The molecule has 1 aromatic rings. The van der Waals surface area contributed by atoms with Gasteiger partial charge < -0.3 is 15.2 Å². The molecule has 0 aliphatic heterocycles. The molecule has 0 radical (unpaired) electrons. The molecule has 0 aliphatic rings. The van der Waals surface area contributed by atoms with Gasteiger partial charge in [-0.2, -0.15) is 0 Å². The molecule has 120 valence electrons. The molecular formula is C16H25Cl2NO2. The first-order valence-electron chi connectivity index (χ1n) is 7.46. The predicted molar refractivity (Wildman–Crippen MR) is 89.5 cm³/mol. The number of aliphatic hydroxyl groups is 1. The third kappa shape index (κ3) is 7.91. The number of unbranched alkanes of at least 4 members (excludes halogenated alkanes) is 1. The SMILES string of the molecule is CC(C)CCCCNCC(O)COc1c(Cl)cccc1Cl. The van der Waals surface area contributed by atoms with Crippen LogP contribution in [0.1, 0.15) is 33.1 Å². The minimum absolute atomic E-state index is 0.169. The zero-order valence-corrected chi connectivity index (χ0v) is 14.3. The summed E-state index contributed by atoms with van der Waals surface area (Å²) in [5.41, 5.74) is 0. The number of hydrogen-bond donors (Lipinski definition) is 2. The van der Waals surface area contributed by atoms with Crippen molar-refractivity contribution in [3.8, 4) is 5.75 Å². The summed E-state index contributed by atoms with van der Waals surface area (Å²) in [6.45, 7) is 6.05. The van der Waals surface area contributed by atoms with Crippen LogP contribution in [0.25, 0.3) is 0 Å². The van der Waals surface area contributed by atoms with Crippen LogP contribution in [0.15, 0.2) is 18.2 Å². The fraction of sp³-hybridized carbons (Fsp3) is 0.625. The van der Waals surface area contributed by atoms with E-state index in [2.05, 4.69) is 19.2 Å². The maximum atomic E-state index is 9.86. The highest BCUT2D eigenvalue weighted by Gasteiger charge is 2.10. The summed E-state index contributed by atoms with van der Waals surface area (Å²) in [5.74, 6) is 1.18. The monoisotopic (exact) mass is 333 g/mol. The molecule has 0 spiro atoms. The van der Waals surface area contributed by atoms with Gasteiger partial charge in [0, 0.05) is 6.54 Å². The van der Waals surface area contributed by atoms with E-state index in [1.165, 1.54) is 12.8 Å². The Kier molecular flexibility index (Phi) is 9.09. The lowest BCUT2D eigenvalue weighted by Crippen LogP contribution is -2.32. The van der Waals surface area contributed by atoms with Crippen molar-refractivity contribution in [1.29, 1.82) is 0 Å². The van der Waals surface area contributed by atoms with Gasteiger partial charge in [0.25, 0.3) is 0 Å². The van der Waals surface area contributed by atoms with Crippen LogP contribution in [0.4, 0.5) is 0 Å². The Hall–Kier alpha value is -0.480. The molecule has 1 unspecified atom stereocenters.